The molecule has 0 aliphatic rings. The number of para-hydroxylation sites is 3. The van der Waals surface area contributed by atoms with Gasteiger partial charge in [-0.15, -0.1) is 22.7 Å². The molecule has 0 N–H and O–H groups in total. The van der Waals surface area contributed by atoms with Crippen molar-refractivity contribution in [1.82, 2.24) is 9.13 Å². The molecular weight excluding hydrogens is 1490 g/mol. The lowest BCUT2D eigenvalue weighted by Gasteiger charge is -2.26. The van der Waals surface area contributed by atoms with Crippen LogP contribution in [0.2, 0.25) is 0 Å². The van der Waals surface area contributed by atoms with Crippen LogP contribution in [0, 0.1) is 0 Å². The van der Waals surface area contributed by atoms with E-state index < -0.39 is 0 Å². The quantitative estimate of drug-likeness (QED) is 0.102. The average Bonchev–Trinajstić information content (AvgIpc) is 1.55. The van der Waals surface area contributed by atoms with Gasteiger partial charge in [-0.1, -0.05) is 328 Å². The van der Waals surface area contributed by atoms with Crippen molar-refractivity contribution in [3.8, 4) is 89.3 Å². The predicted octanol–water partition coefficient (Wildman–Crippen LogP) is 32.9. The first-order chi connectivity index (χ1) is 59.5. The number of hydrogen-bond acceptors (Lipinski definition) is 4. The summed E-state index contributed by atoms with van der Waals surface area (Å²) >= 11 is 3.79. The van der Waals surface area contributed by atoms with E-state index in [2.05, 4.69) is 480 Å². The van der Waals surface area contributed by atoms with Gasteiger partial charge in [-0.2, -0.15) is 0 Å². The minimum atomic E-state index is 1.10. The smallest absolute Gasteiger partial charge is 0.0720 e. The summed E-state index contributed by atoms with van der Waals surface area (Å²) in [6.45, 7) is 0. The molecule has 4 heterocycles. The van der Waals surface area contributed by atoms with Crippen LogP contribution in [0.1, 0.15) is 0 Å². The van der Waals surface area contributed by atoms with Gasteiger partial charge in [0, 0.05) is 98.0 Å². The lowest BCUT2D eigenvalue weighted by molar-refractivity contribution is 1.19. The Morgan fingerprint density at radius 2 is 0.400 bits per heavy atom. The minimum absolute atomic E-state index is 1.10. The summed E-state index contributed by atoms with van der Waals surface area (Å²) in [6.07, 6.45) is 0. The van der Waals surface area contributed by atoms with Crippen molar-refractivity contribution in [2.45, 2.75) is 0 Å². The largest absolute Gasteiger partial charge is 0.311 e. The highest BCUT2D eigenvalue weighted by molar-refractivity contribution is 7.27. The monoisotopic (exact) mass is 1560 g/mol. The number of fused-ring (bicyclic) bond motifs is 14. The van der Waals surface area contributed by atoms with E-state index in [0.29, 0.717) is 0 Å². The van der Waals surface area contributed by atoms with E-state index in [4.69, 9.17) is 0 Å². The molecule has 0 amide bonds. The number of thiophene rings is 2. The molecule has 0 radical (unpaired) electrons. The molecule has 23 aromatic rings. The summed E-state index contributed by atoms with van der Waals surface area (Å²) in [6, 6.07) is 167. The Balaban J connectivity index is 0.000000145. The topological polar surface area (TPSA) is 16.3 Å². The van der Waals surface area contributed by atoms with Crippen molar-refractivity contribution < 1.29 is 0 Å². The number of rotatable bonds is 15. The maximum atomic E-state index is 2.48. The maximum absolute atomic E-state index is 2.48. The summed E-state index contributed by atoms with van der Waals surface area (Å²) in [5.74, 6) is 0. The summed E-state index contributed by atoms with van der Waals surface area (Å²) in [5, 5.41) is 10.2. The van der Waals surface area contributed by atoms with Crippen molar-refractivity contribution in [3.63, 3.8) is 0 Å². The number of nitrogens with zero attached hydrogens (tertiary/aromatic N) is 4. The second kappa shape index (κ2) is 30.8. The molecule has 0 spiro atoms. The van der Waals surface area contributed by atoms with Crippen LogP contribution in [0.4, 0.5) is 34.1 Å². The van der Waals surface area contributed by atoms with E-state index >= 15 is 0 Å². The van der Waals surface area contributed by atoms with Crippen molar-refractivity contribution in [2.75, 3.05) is 9.80 Å². The molecule has 0 saturated heterocycles. The van der Waals surface area contributed by atoms with Crippen LogP contribution >= 0.6 is 22.7 Å². The Morgan fingerprint density at radius 3 is 0.700 bits per heavy atom. The summed E-state index contributed by atoms with van der Waals surface area (Å²) in [7, 11) is 0. The van der Waals surface area contributed by atoms with Crippen LogP contribution in [0.5, 0.6) is 0 Å². The normalized spacial score (nSPS) is 11.5. The Morgan fingerprint density at radius 1 is 0.175 bits per heavy atom. The van der Waals surface area contributed by atoms with Gasteiger partial charge in [-0.25, -0.2) is 0 Å². The fourth-order valence-electron chi connectivity index (χ4n) is 17.9. The van der Waals surface area contributed by atoms with Crippen molar-refractivity contribution >= 4 is 141 Å². The van der Waals surface area contributed by atoms with Gasteiger partial charge in [-0.05, 0) is 211 Å². The second-order valence-corrected chi connectivity index (χ2v) is 32.7. The van der Waals surface area contributed by atoms with E-state index in [1.807, 2.05) is 22.7 Å². The van der Waals surface area contributed by atoms with Crippen LogP contribution in [-0.2, 0) is 0 Å². The van der Waals surface area contributed by atoms with Gasteiger partial charge in [0.2, 0.25) is 0 Å². The van der Waals surface area contributed by atoms with Crippen molar-refractivity contribution in [2.24, 2.45) is 0 Å². The zero-order valence-corrected chi connectivity index (χ0v) is 67.1. The van der Waals surface area contributed by atoms with Gasteiger partial charge in [0.25, 0.3) is 0 Å². The maximum Gasteiger partial charge on any atom is 0.0720 e. The average molecular weight is 1570 g/mol. The van der Waals surface area contributed by atoms with Gasteiger partial charge in [0.1, 0.15) is 0 Å². The number of aromatic nitrogens is 2. The molecular formula is C114H76N4S2. The molecule has 0 bridgehead atoms. The fraction of sp³-hybridized carbons (Fsp3) is 0. The first-order valence-electron chi connectivity index (χ1n) is 40.9. The first kappa shape index (κ1) is 71.4. The summed E-state index contributed by atoms with van der Waals surface area (Å²) < 4.78 is 10.1. The molecule has 0 unspecified atom stereocenters. The molecule has 4 nitrogen and oxygen atoms in total. The Kier molecular flexibility index (Phi) is 18.3. The lowest BCUT2D eigenvalue weighted by Crippen LogP contribution is -2.09. The van der Waals surface area contributed by atoms with Gasteiger partial charge in [-0.3, -0.25) is 0 Å². The third kappa shape index (κ3) is 13.0. The number of hydrogen-bond donors (Lipinski definition) is 0. The highest BCUT2D eigenvalue weighted by Crippen LogP contribution is 2.52. The SMILES string of the molecule is c1ccc(-c2ccc(N(c3ccc(-c4ccccc4)cc3)c3ccc(-c4cc5c6ccccc6n(-c6ccc(-c7ccccc7)cc6)c5c5sc6ccccc6c45)cc3)cc2)cc1.c1ccc(-c2ccc(N(c3ccc(-c4ccccc4)cc3)c3ccc(-c4cc5c6ccccc6n(-c6ccccc6)c5c5sc6ccccc6c45)cc3)cc2)cc1. The molecule has 0 saturated carbocycles. The van der Waals surface area contributed by atoms with Crippen LogP contribution in [0.15, 0.2) is 461 Å². The number of benzene rings is 19. The van der Waals surface area contributed by atoms with Gasteiger partial charge in [0.05, 0.1) is 31.5 Å². The molecule has 0 fully saturated rings. The van der Waals surface area contributed by atoms with Gasteiger partial charge < -0.3 is 18.9 Å². The minimum Gasteiger partial charge on any atom is -0.311 e. The standard InChI is InChI=1S/C60H40N2S.C54H36N2S/c1-4-14-41(15-5-1)44-24-32-48(33-25-44)61(49-34-26-45(27-35-49)42-16-6-2-7-17-42)50-38-30-47(31-39-50)54-40-55-52-20-10-12-22-56(52)62(51-36-28-46(29-37-51)43-18-8-3-9-19-43)59(55)60-58(54)53-21-11-13-23-57(53)63-60;1-4-14-37(15-5-1)39-24-30-43(31-25-39)55(44-32-26-40(27-33-44)38-16-6-2-7-17-38)45-34-28-41(29-35-45)48-36-49-46-20-10-12-22-50(46)56(42-18-8-3-9-19-42)53(49)54-52(48)47-21-11-13-23-51(47)57-54/h1-40H;1-36H. The van der Waals surface area contributed by atoms with E-state index in [0.717, 1.165) is 39.8 Å². The predicted molar refractivity (Wildman–Crippen MR) is 515 cm³/mol. The molecule has 19 aromatic carbocycles. The lowest BCUT2D eigenvalue weighted by atomic mass is 9.96. The molecule has 0 atom stereocenters. The zero-order valence-electron chi connectivity index (χ0n) is 65.5. The van der Waals surface area contributed by atoms with E-state index in [1.54, 1.807) is 0 Å². The zero-order chi connectivity index (χ0) is 79.4. The molecule has 23 rings (SSSR count). The highest BCUT2D eigenvalue weighted by Gasteiger charge is 2.26. The molecule has 0 aliphatic carbocycles. The van der Waals surface area contributed by atoms with Crippen LogP contribution in [0.25, 0.3) is 173 Å². The Labute approximate surface area is 704 Å². The summed E-state index contributed by atoms with van der Waals surface area (Å²) in [4.78, 5) is 4.72. The molecule has 0 aliphatic heterocycles. The molecule has 4 aromatic heterocycles. The summed E-state index contributed by atoms with van der Waals surface area (Å²) in [5.41, 5.74) is 30.9. The molecule has 564 valence electrons. The van der Waals surface area contributed by atoms with Gasteiger partial charge >= 0.3 is 0 Å². The third-order valence-electron chi connectivity index (χ3n) is 23.6. The second-order valence-electron chi connectivity index (χ2n) is 30.6. The van der Waals surface area contributed by atoms with Crippen LogP contribution in [0.3, 0.4) is 0 Å². The first-order valence-corrected chi connectivity index (χ1v) is 42.6. The highest BCUT2D eigenvalue weighted by atomic mass is 32.1. The number of anilines is 6. The molecule has 120 heavy (non-hydrogen) atoms. The van der Waals surface area contributed by atoms with Crippen LogP contribution < -0.4 is 9.80 Å². The Hall–Kier alpha value is -15.2. The van der Waals surface area contributed by atoms with E-state index in [9.17, 15) is 0 Å². The van der Waals surface area contributed by atoms with E-state index in [1.165, 1.54) is 168 Å². The molecule has 6 heteroatoms. The Bertz CT molecular complexity index is 7490. The third-order valence-corrected chi connectivity index (χ3v) is 26.0. The van der Waals surface area contributed by atoms with Crippen LogP contribution in [-0.4, -0.2) is 9.13 Å². The van der Waals surface area contributed by atoms with Gasteiger partial charge in [0.15, 0.2) is 0 Å². The van der Waals surface area contributed by atoms with Crippen molar-refractivity contribution in [1.29, 1.82) is 0 Å². The fourth-order valence-corrected chi connectivity index (χ4v) is 20.4. The van der Waals surface area contributed by atoms with Crippen molar-refractivity contribution in [3.05, 3.63) is 461 Å². The van der Waals surface area contributed by atoms with E-state index in [-0.39, 0.29) is 0 Å².